The number of hydrogen-bond acceptors (Lipinski definition) is 5. The van der Waals surface area contributed by atoms with Gasteiger partial charge in [0.25, 0.3) is 0 Å². The number of piperazine rings is 1. The number of rotatable bonds is 6. The van der Waals surface area contributed by atoms with Crippen molar-refractivity contribution in [1.29, 1.82) is 5.41 Å². The van der Waals surface area contributed by atoms with Crippen molar-refractivity contribution in [3.63, 3.8) is 0 Å². The molecule has 0 amide bonds. The number of ether oxygens (including phenoxy) is 1. The predicted molar refractivity (Wildman–Crippen MR) is 121 cm³/mol. The third-order valence-corrected chi connectivity index (χ3v) is 5.56. The number of hydrogen-bond donors (Lipinski definition) is 1. The van der Waals surface area contributed by atoms with Crippen molar-refractivity contribution in [1.82, 2.24) is 4.90 Å². The third kappa shape index (κ3) is 4.34. The first-order valence-electron chi connectivity index (χ1n) is 10.2. The number of anilines is 1. The molecule has 0 aliphatic carbocycles. The van der Waals surface area contributed by atoms with Gasteiger partial charge in [-0.05, 0) is 36.8 Å². The lowest BCUT2D eigenvalue weighted by Crippen LogP contribution is -2.46. The van der Waals surface area contributed by atoms with Crippen LogP contribution in [0.25, 0.3) is 11.1 Å². The van der Waals surface area contributed by atoms with Crippen LogP contribution in [-0.4, -0.2) is 56.2 Å². The molecule has 0 radical (unpaired) electrons. The monoisotopic (exact) mass is 388 g/mol. The molecule has 5 nitrogen and oxygen atoms in total. The second kappa shape index (κ2) is 8.52. The van der Waals surface area contributed by atoms with Gasteiger partial charge in [-0.3, -0.25) is 4.99 Å². The van der Waals surface area contributed by atoms with Crippen molar-refractivity contribution in [3.8, 4) is 16.9 Å². The van der Waals surface area contributed by atoms with Gasteiger partial charge in [-0.25, -0.2) is 0 Å². The molecule has 2 aliphatic heterocycles. The lowest BCUT2D eigenvalue weighted by Gasteiger charge is -2.38. The van der Waals surface area contributed by atoms with E-state index in [1.165, 1.54) is 22.5 Å². The molecule has 2 heterocycles. The molecule has 1 saturated heterocycles. The van der Waals surface area contributed by atoms with Gasteiger partial charge in [-0.2, -0.15) is 0 Å². The molecular weight excluding hydrogens is 360 g/mol. The van der Waals surface area contributed by atoms with Crippen molar-refractivity contribution in [2.45, 2.75) is 13.3 Å². The van der Waals surface area contributed by atoms with E-state index >= 15 is 0 Å². The minimum atomic E-state index is 0.665. The van der Waals surface area contributed by atoms with Gasteiger partial charge in [0.2, 0.25) is 0 Å². The topological polar surface area (TPSA) is 51.9 Å². The van der Waals surface area contributed by atoms with Crippen LogP contribution in [0.5, 0.6) is 5.75 Å². The summed E-state index contributed by atoms with van der Waals surface area (Å²) in [5.41, 5.74) is 6.76. The van der Waals surface area contributed by atoms with Crippen LogP contribution in [0.2, 0.25) is 0 Å². The quantitative estimate of drug-likeness (QED) is 0.753. The van der Waals surface area contributed by atoms with E-state index in [4.69, 9.17) is 10.1 Å². The van der Waals surface area contributed by atoms with E-state index in [-0.39, 0.29) is 0 Å². The third-order valence-electron chi connectivity index (χ3n) is 5.56. The molecule has 29 heavy (non-hydrogen) atoms. The summed E-state index contributed by atoms with van der Waals surface area (Å²) in [6.45, 7) is 6.57. The van der Waals surface area contributed by atoms with E-state index < -0.39 is 0 Å². The Bertz CT molecular complexity index is 938. The van der Waals surface area contributed by atoms with Crippen molar-refractivity contribution in [3.05, 3.63) is 60.3 Å². The molecule has 0 unspecified atom stereocenters. The van der Waals surface area contributed by atoms with E-state index in [1.54, 1.807) is 7.11 Å². The van der Waals surface area contributed by atoms with E-state index in [0.717, 1.165) is 44.2 Å². The molecule has 1 fully saturated rings. The van der Waals surface area contributed by atoms with E-state index in [0.29, 0.717) is 12.1 Å². The SMILES string of the molecule is COc1ccc(-c2ccccc2N2CCN(C3=CC(CC(C)=N)=NC3)CC2)cc1. The zero-order chi connectivity index (χ0) is 20.2. The summed E-state index contributed by atoms with van der Waals surface area (Å²) < 4.78 is 5.30. The first-order valence-corrected chi connectivity index (χ1v) is 10.2. The van der Waals surface area contributed by atoms with Gasteiger partial charge in [-0.1, -0.05) is 30.3 Å². The number of methoxy groups -OCH3 is 1. The number of benzene rings is 2. The molecule has 4 rings (SSSR count). The fourth-order valence-electron chi connectivity index (χ4n) is 4.03. The van der Waals surface area contributed by atoms with Crippen LogP contribution in [0.1, 0.15) is 13.3 Å². The second-order valence-electron chi connectivity index (χ2n) is 7.62. The molecular formula is C24H28N4O. The number of nitrogens with one attached hydrogen (secondary N) is 1. The van der Waals surface area contributed by atoms with E-state index in [1.807, 2.05) is 19.1 Å². The van der Waals surface area contributed by atoms with Gasteiger partial charge in [0.15, 0.2) is 0 Å². The molecule has 2 aromatic carbocycles. The lowest BCUT2D eigenvalue weighted by atomic mass is 10.0. The first-order chi connectivity index (χ1) is 14.1. The number of nitrogens with zero attached hydrogens (tertiary/aromatic N) is 3. The Morgan fingerprint density at radius 3 is 2.38 bits per heavy atom. The Labute approximate surface area is 172 Å². The summed E-state index contributed by atoms with van der Waals surface area (Å²) >= 11 is 0. The van der Waals surface area contributed by atoms with Crippen molar-refractivity contribution < 1.29 is 4.74 Å². The summed E-state index contributed by atoms with van der Waals surface area (Å²) in [6, 6.07) is 16.9. The lowest BCUT2D eigenvalue weighted by molar-refractivity contribution is 0.320. The highest BCUT2D eigenvalue weighted by molar-refractivity contribution is 6.09. The van der Waals surface area contributed by atoms with Crippen molar-refractivity contribution in [2.24, 2.45) is 4.99 Å². The minimum Gasteiger partial charge on any atom is -0.497 e. The number of allylic oxidation sites excluding steroid dienone is 1. The largest absolute Gasteiger partial charge is 0.497 e. The molecule has 5 heteroatoms. The smallest absolute Gasteiger partial charge is 0.118 e. The number of aliphatic imine (C=N–C) groups is 1. The van der Waals surface area contributed by atoms with Gasteiger partial charge in [0.1, 0.15) is 5.75 Å². The Morgan fingerprint density at radius 2 is 1.69 bits per heavy atom. The van der Waals surface area contributed by atoms with Crippen LogP contribution in [0.15, 0.2) is 65.3 Å². The summed E-state index contributed by atoms with van der Waals surface area (Å²) in [4.78, 5) is 9.52. The van der Waals surface area contributed by atoms with Crippen LogP contribution in [0.4, 0.5) is 5.69 Å². The molecule has 0 spiro atoms. The summed E-state index contributed by atoms with van der Waals surface area (Å²) in [6.07, 6.45) is 2.84. The highest BCUT2D eigenvalue weighted by Crippen LogP contribution is 2.32. The van der Waals surface area contributed by atoms with Crippen LogP contribution in [-0.2, 0) is 0 Å². The molecule has 0 saturated carbocycles. The van der Waals surface area contributed by atoms with Crippen LogP contribution in [0.3, 0.4) is 0 Å². The minimum absolute atomic E-state index is 0.665. The zero-order valence-corrected chi connectivity index (χ0v) is 17.2. The van der Waals surface area contributed by atoms with Crippen LogP contribution >= 0.6 is 0 Å². The van der Waals surface area contributed by atoms with Gasteiger partial charge in [0, 0.05) is 61.0 Å². The first kappa shape index (κ1) is 19.2. The zero-order valence-electron chi connectivity index (χ0n) is 17.2. The molecule has 0 atom stereocenters. The maximum atomic E-state index is 7.67. The van der Waals surface area contributed by atoms with Crippen molar-refractivity contribution >= 4 is 17.1 Å². The Morgan fingerprint density at radius 1 is 1.00 bits per heavy atom. The van der Waals surface area contributed by atoms with Gasteiger partial charge in [-0.15, -0.1) is 0 Å². The Kier molecular flexibility index (Phi) is 5.65. The maximum Gasteiger partial charge on any atom is 0.118 e. The normalized spacial score (nSPS) is 16.5. The Balaban J connectivity index is 1.45. The van der Waals surface area contributed by atoms with Gasteiger partial charge < -0.3 is 19.9 Å². The van der Waals surface area contributed by atoms with Crippen LogP contribution in [0, 0.1) is 5.41 Å². The molecule has 0 aromatic heterocycles. The highest BCUT2D eigenvalue weighted by atomic mass is 16.5. The summed E-state index contributed by atoms with van der Waals surface area (Å²) in [5.74, 6) is 0.879. The Hall–Kier alpha value is -3.08. The predicted octanol–water partition coefficient (Wildman–Crippen LogP) is 4.25. The molecule has 2 aliphatic rings. The summed E-state index contributed by atoms with van der Waals surface area (Å²) in [5, 5.41) is 7.67. The standard InChI is InChI=1S/C24H28N4O/c1-18(25)15-20-16-21(17-26-20)27-11-13-28(14-12-27)24-6-4-3-5-23(24)19-7-9-22(29-2)10-8-19/h3-10,16,25H,11-15,17H2,1-2H3. The number of para-hydroxylation sites is 1. The fourth-order valence-corrected chi connectivity index (χ4v) is 4.03. The second-order valence-corrected chi connectivity index (χ2v) is 7.62. The molecule has 1 N–H and O–H groups in total. The van der Waals surface area contributed by atoms with Gasteiger partial charge in [0.05, 0.1) is 13.7 Å². The molecule has 2 aromatic rings. The highest BCUT2D eigenvalue weighted by Gasteiger charge is 2.22. The summed E-state index contributed by atoms with van der Waals surface area (Å²) in [7, 11) is 1.70. The van der Waals surface area contributed by atoms with Crippen molar-refractivity contribution in [2.75, 3.05) is 44.7 Å². The maximum absolute atomic E-state index is 7.67. The molecule has 150 valence electrons. The van der Waals surface area contributed by atoms with E-state index in [9.17, 15) is 0 Å². The average Bonchev–Trinajstić information content (AvgIpc) is 3.22. The average molecular weight is 389 g/mol. The van der Waals surface area contributed by atoms with Gasteiger partial charge >= 0.3 is 0 Å². The van der Waals surface area contributed by atoms with Crippen LogP contribution < -0.4 is 9.64 Å². The molecule has 0 bridgehead atoms. The van der Waals surface area contributed by atoms with E-state index in [2.05, 4.69) is 57.3 Å². The fraction of sp³-hybridized carbons (Fsp3) is 0.333.